The van der Waals surface area contributed by atoms with Crippen LogP contribution >= 0.6 is 11.8 Å². The molecule has 1 atom stereocenters. The molecule has 2 aromatic carbocycles. The second-order valence-electron chi connectivity index (χ2n) is 8.88. The number of thioether (sulfide) groups is 1. The summed E-state index contributed by atoms with van der Waals surface area (Å²) in [5.41, 5.74) is 3.47. The highest BCUT2D eigenvalue weighted by molar-refractivity contribution is 7.99. The average molecular weight is 508 g/mol. The van der Waals surface area contributed by atoms with Crippen LogP contribution < -0.4 is 15.4 Å². The number of aromatic nitrogens is 3. The fraction of sp³-hybridized carbons (Fsp3) is 0.333. The second-order valence-corrected chi connectivity index (χ2v) is 9.82. The number of rotatable bonds is 11. The van der Waals surface area contributed by atoms with E-state index < -0.39 is 0 Å². The van der Waals surface area contributed by atoms with E-state index in [9.17, 15) is 9.59 Å². The van der Waals surface area contributed by atoms with E-state index in [4.69, 9.17) is 4.74 Å². The minimum Gasteiger partial charge on any atom is -0.497 e. The van der Waals surface area contributed by atoms with Gasteiger partial charge in [-0.15, -0.1) is 16.8 Å². The summed E-state index contributed by atoms with van der Waals surface area (Å²) in [6, 6.07) is 12.5. The lowest BCUT2D eigenvalue weighted by molar-refractivity contribution is -0.113. The number of aryl methyl sites for hydroxylation is 2. The first-order valence-corrected chi connectivity index (χ1v) is 12.7. The van der Waals surface area contributed by atoms with E-state index in [1.165, 1.54) is 11.8 Å². The van der Waals surface area contributed by atoms with Crippen molar-refractivity contribution in [2.24, 2.45) is 5.92 Å². The van der Waals surface area contributed by atoms with Gasteiger partial charge in [-0.05, 0) is 67.3 Å². The Bertz CT molecular complexity index is 1200. The van der Waals surface area contributed by atoms with E-state index in [0.717, 1.165) is 16.8 Å². The fourth-order valence-corrected chi connectivity index (χ4v) is 4.56. The number of nitrogens with one attached hydrogen (secondary N) is 2. The maximum absolute atomic E-state index is 13.0. The Balaban J connectivity index is 1.74. The van der Waals surface area contributed by atoms with Crippen LogP contribution in [0.25, 0.3) is 0 Å². The molecule has 0 radical (unpaired) electrons. The van der Waals surface area contributed by atoms with Crippen molar-refractivity contribution in [2.75, 3.05) is 18.2 Å². The third-order valence-electron chi connectivity index (χ3n) is 5.48. The smallest absolute Gasteiger partial charge is 0.251 e. The Morgan fingerprint density at radius 1 is 1.11 bits per heavy atom. The highest BCUT2D eigenvalue weighted by atomic mass is 32.2. The van der Waals surface area contributed by atoms with Crippen LogP contribution in [0.5, 0.6) is 5.75 Å². The lowest BCUT2D eigenvalue weighted by Crippen LogP contribution is -2.33. The fourth-order valence-electron chi connectivity index (χ4n) is 3.81. The summed E-state index contributed by atoms with van der Waals surface area (Å²) in [7, 11) is 1.58. The number of amides is 2. The van der Waals surface area contributed by atoms with Crippen LogP contribution in [0, 0.1) is 19.8 Å². The number of ether oxygens (including phenoxy) is 1. The zero-order chi connectivity index (χ0) is 26.2. The molecule has 0 aliphatic rings. The first kappa shape index (κ1) is 27.0. The van der Waals surface area contributed by atoms with Gasteiger partial charge < -0.3 is 19.9 Å². The van der Waals surface area contributed by atoms with Crippen molar-refractivity contribution >= 4 is 29.3 Å². The Morgan fingerprint density at radius 3 is 2.36 bits per heavy atom. The summed E-state index contributed by atoms with van der Waals surface area (Å²) in [6.07, 6.45) is 1.75. The Morgan fingerprint density at radius 2 is 1.78 bits per heavy atom. The van der Waals surface area contributed by atoms with Crippen LogP contribution in [0.4, 0.5) is 5.69 Å². The van der Waals surface area contributed by atoms with Crippen LogP contribution in [0.2, 0.25) is 0 Å². The molecule has 0 bridgehead atoms. The molecule has 0 saturated carbocycles. The lowest BCUT2D eigenvalue weighted by atomic mass is 10.0. The number of benzene rings is 2. The molecule has 3 aromatic rings. The normalized spacial score (nSPS) is 11.7. The molecule has 0 aliphatic heterocycles. The summed E-state index contributed by atoms with van der Waals surface area (Å²) < 4.78 is 7.06. The van der Waals surface area contributed by atoms with E-state index in [1.54, 1.807) is 37.5 Å². The lowest BCUT2D eigenvalue weighted by Gasteiger charge is -2.22. The Kier molecular flexibility index (Phi) is 9.30. The van der Waals surface area contributed by atoms with Gasteiger partial charge in [0.05, 0.1) is 18.9 Å². The summed E-state index contributed by atoms with van der Waals surface area (Å²) in [6.45, 7) is 12.3. The van der Waals surface area contributed by atoms with Gasteiger partial charge in [-0.1, -0.05) is 37.8 Å². The number of anilines is 1. The Labute approximate surface area is 216 Å². The summed E-state index contributed by atoms with van der Waals surface area (Å²) in [5, 5.41) is 15.3. The molecule has 0 spiro atoms. The number of hydrogen-bond acceptors (Lipinski definition) is 6. The van der Waals surface area contributed by atoms with Crippen LogP contribution in [0.15, 0.2) is 60.3 Å². The van der Waals surface area contributed by atoms with Gasteiger partial charge in [0.15, 0.2) is 11.0 Å². The van der Waals surface area contributed by atoms with Gasteiger partial charge in [0, 0.05) is 17.8 Å². The van der Waals surface area contributed by atoms with Gasteiger partial charge in [0.1, 0.15) is 5.75 Å². The molecule has 1 aromatic heterocycles. The highest BCUT2D eigenvalue weighted by Gasteiger charge is 2.26. The molecule has 8 nitrogen and oxygen atoms in total. The topological polar surface area (TPSA) is 98.1 Å². The third-order valence-corrected chi connectivity index (χ3v) is 6.45. The van der Waals surface area contributed by atoms with Crippen molar-refractivity contribution in [2.45, 2.75) is 45.4 Å². The zero-order valence-corrected chi connectivity index (χ0v) is 22.2. The highest BCUT2D eigenvalue weighted by Crippen LogP contribution is 2.26. The standard InChI is InChI=1S/C27H33N5O3S/c1-7-12-32-25(24(17(2)3)29-26(34)20-8-10-22(35-6)11-9-20)30-31-27(32)36-16-23(33)28-21-14-18(4)13-19(5)15-21/h7-11,13-15,17,24H,1,12,16H2,2-6H3,(H,28,33)(H,29,34)/t24-/m1/s1. The average Bonchev–Trinajstić information content (AvgIpc) is 3.22. The predicted octanol–water partition coefficient (Wildman–Crippen LogP) is 4.95. The van der Waals surface area contributed by atoms with Crippen molar-refractivity contribution in [3.63, 3.8) is 0 Å². The maximum Gasteiger partial charge on any atom is 0.251 e. The first-order valence-electron chi connectivity index (χ1n) is 11.7. The molecule has 2 N–H and O–H groups in total. The summed E-state index contributed by atoms with van der Waals surface area (Å²) >= 11 is 1.29. The molecule has 0 unspecified atom stereocenters. The van der Waals surface area contributed by atoms with Gasteiger partial charge in [-0.25, -0.2) is 0 Å². The molecular weight excluding hydrogens is 474 g/mol. The molecular formula is C27H33N5O3S. The third kappa shape index (κ3) is 6.97. The number of allylic oxidation sites excluding steroid dienone is 1. The van der Waals surface area contributed by atoms with Gasteiger partial charge in [-0.3, -0.25) is 9.59 Å². The molecule has 0 saturated heterocycles. The number of methoxy groups -OCH3 is 1. The summed E-state index contributed by atoms with van der Waals surface area (Å²) in [4.78, 5) is 25.6. The van der Waals surface area contributed by atoms with Crippen molar-refractivity contribution in [3.8, 4) is 5.75 Å². The summed E-state index contributed by atoms with van der Waals surface area (Å²) in [5.74, 6) is 1.17. The molecule has 3 rings (SSSR count). The quantitative estimate of drug-likeness (QED) is 0.282. The number of hydrogen-bond donors (Lipinski definition) is 2. The Hall–Kier alpha value is -3.59. The van der Waals surface area contributed by atoms with Crippen molar-refractivity contribution < 1.29 is 14.3 Å². The minimum absolute atomic E-state index is 0.0469. The van der Waals surface area contributed by atoms with Crippen molar-refractivity contribution in [1.82, 2.24) is 20.1 Å². The number of carbonyl (C=O) groups is 2. The maximum atomic E-state index is 13.0. The van der Waals surface area contributed by atoms with Crippen LogP contribution in [-0.4, -0.2) is 39.4 Å². The van der Waals surface area contributed by atoms with E-state index in [-0.39, 0.29) is 29.5 Å². The number of carbonyl (C=O) groups excluding carboxylic acids is 2. The molecule has 36 heavy (non-hydrogen) atoms. The van der Waals surface area contributed by atoms with E-state index in [2.05, 4.69) is 33.5 Å². The molecule has 0 fully saturated rings. The second kappa shape index (κ2) is 12.4. The van der Waals surface area contributed by atoms with E-state index in [0.29, 0.717) is 28.8 Å². The van der Waals surface area contributed by atoms with Gasteiger partial charge in [-0.2, -0.15) is 0 Å². The number of nitrogens with zero attached hydrogens (tertiary/aromatic N) is 3. The molecule has 0 aliphatic carbocycles. The molecule has 190 valence electrons. The predicted molar refractivity (Wildman–Crippen MR) is 144 cm³/mol. The largest absolute Gasteiger partial charge is 0.497 e. The van der Waals surface area contributed by atoms with Gasteiger partial charge >= 0.3 is 0 Å². The monoisotopic (exact) mass is 507 g/mol. The van der Waals surface area contributed by atoms with Crippen molar-refractivity contribution in [3.05, 3.63) is 77.6 Å². The molecule has 9 heteroatoms. The van der Waals surface area contributed by atoms with Gasteiger partial charge in [0.2, 0.25) is 5.91 Å². The SMILES string of the molecule is C=CCn1c(SCC(=O)Nc2cc(C)cc(C)c2)nnc1[C@H](NC(=O)c1ccc(OC)cc1)C(C)C. The van der Waals surface area contributed by atoms with Crippen LogP contribution in [-0.2, 0) is 11.3 Å². The van der Waals surface area contributed by atoms with Crippen molar-refractivity contribution in [1.29, 1.82) is 0 Å². The van der Waals surface area contributed by atoms with Crippen LogP contribution in [0.3, 0.4) is 0 Å². The molecule has 1 heterocycles. The first-order chi connectivity index (χ1) is 17.2. The van der Waals surface area contributed by atoms with E-state index >= 15 is 0 Å². The molecule has 2 amide bonds. The minimum atomic E-state index is -0.384. The zero-order valence-electron chi connectivity index (χ0n) is 21.4. The van der Waals surface area contributed by atoms with Crippen LogP contribution in [0.1, 0.15) is 47.2 Å². The van der Waals surface area contributed by atoms with Gasteiger partial charge in [0.25, 0.3) is 5.91 Å². The van der Waals surface area contributed by atoms with E-state index in [1.807, 2.05) is 44.4 Å².